The van der Waals surface area contributed by atoms with Crippen molar-refractivity contribution in [2.45, 2.75) is 39.0 Å². The lowest BCUT2D eigenvalue weighted by molar-refractivity contribution is 0.0322. The summed E-state index contributed by atoms with van der Waals surface area (Å²) in [5.74, 6) is 0.782. The van der Waals surface area contributed by atoms with Gasteiger partial charge in [-0.2, -0.15) is 0 Å². The predicted octanol–water partition coefficient (Wildman–Crippen LogP) is 4.35. The van der Waals surface area contributed by atoms with Crippen LogP contribution >= 0.6 is 12.4 Å². The van der Waals surface area contributed by atoms with Gasteiger partial charge in [-0.05, 0) is 30.7 Å². The maximum absolute atomic E-state index is 11.8. The zero-order valence-electron chi connectivity index (χ0n) is 18.1. The van der Waals surface area contributed by atoms with E-state index in [0.717, 1.165) is 51.6 Å². The molecule has 0 unspecified atom stereocenters. The maximum Gasteiger partial charge on any atom is 0.411 e. The fourth-order valence-electron chi connectivity index (χ4n) is 3.01. The Balaban J connectivity index is 0.00000450. The van der Waals surface area contributed by atoms with Gasteiger partial charge in [0.2, 0.25) is 0 Å². The minimum Gasteiger partial charge on any atom is -0.492 e. The number of amides is 1. The van der Waals surface area contributed by atoms with Gasteiger partial charge in [-0.1, -0.05) is 32.6 Å². The molecule has 0 aromatic heterocycles. The Bertz CT molecular complexity index is 553. The van der Waals surface area contributed by atoms with Crippen LogP contribution in [0.5, 0.6) is 5.75 Å². The van der Waals surface area contributed by atoms with E-state index in [1.165, 1.54) is 25.7 Å². The zero-order valence-corrected chi connectivity index (χ0v) is 18.9. The van der Waals surface area contributed by atoms with Crippen LogP contribution in [0.2, 0.25) is 0 Å². The first-order chi connectivity index (χ1) is 14.3. The van der Waals surface area contributed by atoms with Gasteiger partial charge in [0.1, 0.15) is 19.0 Å². The van der Waals surface area contributed by atoms with E-state index in [-0.39, 0.29) is 19.0 Å². The molecule has 7 nitrogen and oxygen atoms in total. The van der Waals surface area contributed by atoms with E-state index in [4.69, 9.17) is 18.9 Å². The SMILES string of the molecule is CCCCCCCOCCOC(=O)Nc1ccc(OCCN2CCOCC2)cc1.Cl. The Morgan fingerprint density at radius 3 is 2.47 bits per heavy atom. The maximum atomic E-state index is 11.8. The highest BCUT2D eigenvalue weighted by atomic mass is 35.5. The number of morpholine rings is 1. The summed E-state index contributed by atoms with van der Waals surface area (Å²) in [6.45, 7) is 8.63. The van der Waals surface area contributed by atoms with Gasteiger partial charge in [-0.15, -0.1) is 12.4 Å². The number of benzene rings is 1. The van der Waals surface area contributed by atoms with Crippen LogP contribution in [-0.2, 0) is 14.2 Å². The average molecular weight is 445 g/mol. The number of ether oxygens (including phenoxy) is 4. The molecule has 0 saturated carbocycles. The number of hydrogen-bond acceptors (Lipinski definition) is 6. The van der Waals surface area contributed by atoms with Gasteiger partial charge < -0.3 is 18.9 Å². The number of nitrogens with one attached hydrogen (secondary N) is 1. The quantitative estimate of drug-likeness (QED) is 0.430. The molecule has 1 aromatic rings. The summed E-state index contributed by atoms with van der Waals surface area (Å²) >= 11 is 0. The van der Waals surface area contributed by atoms with Gasteiger partial charge in [-0.25, -0.2) is 4.79 Å². The minimum absolute atomic E-state index is 0. The predicted molar refractivity (Wildman–Crippen MR) is 121 cm³/mol. The molecular formula is C22H37ClN2O5. The van der Waals surface area contributed by atoms with Crippen molar-refractivity contribution in [2.75, 3.05) is 64.6 Å². The highest BCUT2D eigenvalue weighted by molar-refractivity contribution is 5.85. The number of anilines is 1. The molecule has 8 heteroatoms. The van der Waals surface area contributed by atoms with Gasteiger partial charge in [-0.3, -0.25) is 10.2 Å². The molecule has 1 aromatic carbocycles. The van der Waals surface area contributed by atoms with Crippen molar-refractivity contribution in [1.29, 1.82) is 0 Å². The number of hydrogen-bond donors (Lipinski definition) is 1. The van der Waals surface area contributed by atoms with E-state index in [0.29, 0.717) is 18.9 Å². The summed E-state index contributed by atoms with van der Waals surface area (Å²) in [7, 11) is 0. The highest BCUT2D eigenvalue weighted by Crippen LogP contribution is 2.16. The third kappa shape index (κ3) is 12.2. The van der Waals surface area contributed by atoms with Gasteiger partial charge >= 0.3 is 6.09 Å². The lowest BCUT2D eigenvalue weighted by Gasteiger charge is -2.26. The summed E-state index contributed by atoms with van der Waals surface area (Å²) in [6.07, 6.45) is 5.57. The van der Waals surface area contributed by atoms with Crippen LogP contribution < -0.4 is 10.1 Å². The van der Waals surface area contributed by atoms with E-state index in [2.05, 4.69) is 17.1 Å². The van der Waals surface area contributed by atoms with Crippen LogP contribution in [0, 0.1) is 0 Å². The Morgan fingerprint density at radius 2 is 1.73 bits per heavy atom. The Kier molecular flexibility index (Phi) is 15.2. The van der Waals surface area contributed by atoms with Crippen molar-refractivity contribution in [3.05, 3.63) is 24.3 Å². The standard InChI is InChI=1S/C22H36N2O5.ClH/c1-2-3-4-5-6-14-26-18-19-29-22(25)23-20-7-9-21(10-8-20)28-17-13-24-11-15-27-16-12-24;/h7-10H,2-6,11-19H2,1H3,(H,23,25);1H. The molecule has 0 aliphatic carbocycles. The van der Waals surface area contributed by atoms with Crippen molar-refractivity contribution in [1.82, 2.24) is 4.90 Å². The summed E-state index contributed by atoms with van der Waals surface area (Å²) in [5.41, 5.74) is 0.673. The highest BCUT2D eigenvalue weighted by Gasteiger charge is 2.10. The van der Waals surface area contributed by atoms with E-state index in [1.807, 2.05) is 12.1 Å². The molecule has 1 N–H and O–H groups in total. The summed E-state index contributed by atoms with van der Waals surface area (Å²) in [5, 5.41) is 2.71. The van der Waals surface area contributed by atoms with Crippen molar-refractivity contribution in [2.24, 2.45) is 0 Å². The van der Waals surface area contributed by atoms with Crippen LogP contribution in [0.25, 0.3) is 0 Å². The van der Waals surface area contributed by atoms with E-state index < -0.39 is 6.09 Å². The molecule has 2 rings (SSSR count). The first-order valence-corrected chi connectivity index (χ1v) is 10.8. The summed E-state index contributed by atoms with van der Waals surface area (Å²) in [6, 6.07) is 7.30. The number of nitrogens with zero attached hydrogens (tertiary/aromatic N) is 1. The van der Waals surface area contributed by atoms with Crippen molar-refractivity contribution in [3.63, 3.8) is 0 Å². The van der Waals surface area contributed by atoms with Crippen LogP contribution in [-0.4, -0.2) is 70.3 Å². The Hall–Kier alpha value is -1.54. The molecule has 172 valence electrons. The second-order valence-corrected chi connectivity index (χ2v) is 7.11. The number of unbranched alkanes of at least 4 members (excludes halogenated alkanes) is 4. The van der Waals surface area contributed by atoms with E-state index in [1.54, 1.807) is 12.1 Å². The minimum atomic E-state index is -0.475. The second kappa shape index (κ2) is 17.2. The molecule has 0 spiro atoms. The molecular weight excluding hydrogens is 408 g/mol. The molecule has 1 fully saturated rings. The number of carbonyl (C=O) groups is 1. The molecule has 1 aliphatic heterocycles. The smallest absolute Gasteiger partial charge is 0.411 e. The zero-order chi connectivity index (χ0) is 20.6. The molecule has 1 amide bonds. The molecule has 30 heavy (non-hydrogen) atoms. The first-order valence-electron chi connectivity index (χ1n) is 10.8. The fraction of sp³-hybridized carbons (Fsp3) is 0.682. The van der Waals surface area contributed by atoms with Gasteiger partial charge in [0.05, 0.1) is 19.8 Å². The average Bonchev–Trinajstić information content (AvgIpc) is 2.74. The summed E-state index contributed by atoms with van der Waals surface area (Å²) < 4.78 is 21.7. The lowest BCUT2D eigenvalue weighted by Crippen LogP contribution is -2.38. The molecule has 1 saturated heterocycles. The Morgan fingerprint density at radius 1 is 1.00 bits per heavy atom. The van der Waals surface area contributed by atoms with Crippen molar-refractivity contribution in [3.8, 4) is 5.75 Å². The third-order valence-electron chi connectivity index (χ3n) is 4.73. The van der Waals surface area contributed by atoms with Crippen LogP contribution in [0.15, 0.2) is 24.3 Å². The van der Waals surface area contributed by atoms with Crippen molar-refractivity contribution >= 4 is 24.2 Å². The van der Waals surface area contributed by atoms with Gasteiger partial charge in [0.15, 0.2) is 0 Å². The molecule has 0 radical (unpaired) electrons. The third-order valence-corrected chi connectivity index (χ3v) is 4.73. The molecule has 0 bridgehead atoms. The monoisotopic (exact) mass is 444 g/mol. The van der Waals surface area contributed by atoms with Crippen LogP contribution in [0.3, 0.4) is 0 Å². The summed E-state index contributed by atoms with van der Waals surface area (Å²) in [4.78, 5) is 14.1. The number of carbonyl (C=O) groups excluding carboxylic acids is 1. The van der Waals surface area contributed by atoms with Crippen LogP contribution in [0.1, 0.15) is 39.0 Å². The largest absolute Gasteiger partial charge is 0.492 e. The van der Waals surface area contributed by atoms with Gasteiger partial charge in [0, 0.05) is 31.9 Å². The fourth-order valence-corrected chi connectivity index (χ4v) is 3.01. The number of halogens is 1. The van der Waals surface area contributed by atoms with E-state index in [9.17, 15) is 4.79 Å². The molecule has 1 heterocycles. The normalized spacial score (nSPS) is 14.0. The first kappa shape index (κ1) is 26.5. The number of rotatable bonds is 14. The van der Waals surface area contributed by atoms with Gasteiger partial charge in [0.25, 0.3) is 0 Å². The van der Waals surface area contributed by atoms with E-state index >= 15 is 0 Å². The van der Waals surface area contributed by atoms with Crippen molar-refractivity contribution < 1.29 is 23.7 Å². The topological polar surface area (TPSA) is 69.3 Å². The molecule has 0 atom stereocenters. The lowest BCUT2D eigenvalue weighted by atomic mass is 10.2. The Labute approximate surface area is 186 Å². The molecule has 1 aliphatic rings. The van der Waals surface area contributed by atoms with Crippen LogP contribution in [0.4, 0.5) is 10.5 Å². The second-order valence-electron chi connectivity index (χ2n) is 7.11.